The van der Waals surface area contributed by atoms with Gasteiger partial charge in [0.25, 0.3) is 0 Å². The first kappa shape index (κ1) is 11.0. The SMILES string of the molecule is CC=C(C)c1cc(C)ccc1CCC. The van der Waals surface area contributed by atoms with Gasteiger partial charge in [0.1, 0.15) is 0 Å². The molecule has 0 unspecified atom stereocenters. The van der Waals surface area contributed by atoms with Crippen LogP contribution in [0.1, 0.15) is 43.9 Å². The summed E-state index contributed by atoms with van der Waals surface area (Å²) in [5.41, 5.74) is 5.64. The van der Waals surface area contributed by atoms with Crippen LogP contribution in [-0.4, -0.2) is 0 Å². The van der Waals surface area contributed by atoms with Gasteiger partial charge >= 0.3 is 0 Å². The normalized spacial score (nSPS) is 11.9. The lowest BCUT2D eigenvalue weighted by atomic mass is 9.96. The zero-order chi connectivity index (χ0) is 10.6. The molecule has 0 N–H and O–H groups in total. The van der Waals surface area contributed by atoms with Crippen LogP contribution in [0.2, 0.25) is 0 Å². The van der Waals surface area contributed by atoms with E-state index in [1.165, 1.54) is 35.1 Å². The highest BCUT2D eigenvalue weighted by atomic mass is 14.1. The van der Waals surface area contributed by atoms with Gasteiger partial charge < -0.3 is 0 Å². The molecular weight excluding hydrogens is 168 g/mol. The predicted octanol–water partition coefficient (Wildman–Crippen LogP) is 4.37. The molecule has 0 aliphatic heterocycles. The Morgan fingerprint density at radius 1 is 1.36 bits per heavy atom. The molecule has 0 aliphatic carbocycles. The summed E-state index contributed by atoms with van der Waals surface area (Å²) in [7, 11) is 0. The third-order valence-electron chi connectivity index (χ3n) is 2.64. The Balaban J connectivity index is 3.15. The summed E-state index contributed by atoms with van der Waals surface area (Å²) in [6, 6.07) is 6.76. The summed E-state index contributed by atoms with van der Waals surface area (Å²) in [6.07, 6.45) is 4.59. The van der Waals surface area contributed by atoms with Gasteiger partial charge in [0.2, 0.25) is 0 Å². The molecule has 0 bridgehead atoms. The maximum Gasteiger partial charge on any atom is -0.0196 e. The van der Waals surface area contributed by atoms with E-state index in [-0.39, 0.29) is 0 Å². The molecule has 1 aromatic rings. The van der Waals surface area contributed by atoms with Crippen molar-refractivity contribution in [1.29, 1.82) is 0 Å². The molecule has 0 atom stereocenters. The van der Waals surface area contributed by atoms with E-state index >= 15 is 0 Å². The van der Waals surface area contributed by atoms with E-state index in [0.29, 0.717) is 0 Å². The molecule has 0 saturated heterocycles. The van der Waals surface area contributed by atoms with E-state index in [1.54, 1.807) is 0 Å². The van der Waals surface area contributed by atoms with Crippen LogP contribution in [0, 0.1) is 6.92 Å². The second kappa shape index (κ2) is 4.99. The first-order valence-electron chi connectivity index (χ1n) is 5.41. The lowest BCUT2D eigenvalue weighted by molar-refractivity contribution is 0.917. The third-order valence-corrected chi connectivity index (χ3v) is 2.64. The average molecular weight is 188 g/mol. The fraction of sp³-hybridized carbons (Fsp3) is 0.429. The van der Waals surface area contributed by atoms with E-state index < -0.39 is 0 Å². The molecule has 0 spiro atoms. The lowest BCUT2D eigenvalue weighted by Gasteiger charge is -2.10. The third kappa shape index (κ3) is 2.47. The molecule has 0 heterocycles. The molecule has 0 amide bonds. The van der Waals surface area contributed by atoms with E-state index in [4.69, 9.17) is 0 Å². The average Bonchev–Trinajstić information content (AvgIpc) is 2.20. The summed E-state index contributed by atoms with van der Waals surface area (Å²) in [5.74, 6) is 0. The Kier molecular flexibility index (Phi) is 3.94. The van der Waals surface area contributed by atoms with Gasteiger partial charge in [-0.1, -0.05) is 43.2 Å². The highest BCUT2D eigenvalue weighted by Crippen LogP contribution is 2.21. The van der Waals surface area contributed by atoms with Crippen molar-refractivity contribution in [3.05, 3.63) is 41.0 Å². The number of hydrogen-bond acceptors (Lipinski definition) is 0. The minimum atomic E-state index is 1.18. The Bertz CT molecular complexity index is 332. The van der Waals surface area contributed by atoms with Crippen LogP contribution in [-0.2, 0) is 6.42 Å². The van der Waals surface area contributed by atoms with Crippen molar-refractivity contribution in [1.82, 2.24) is 0 Å². The fourth-order valence-corrected chi connectivity index (χ4v) is 1.70. The first-order chi connectivity index (χ1) is 6.69. The zero-order valence-electron chi connectivity index (χ0n) is 9.72. The molecule has 0 aliphatic rings. The van der Waals surface area contributed by atoms with Crippen LogP contribution in [0.5, 0.6) is 0 Å². The fourth-order valence-electron chi connectivity index (χ4n) is 1.70. The van der Waals surface area contributed by atoms with Crippen molar-refractivity contribution in [3.8, 4) is 0 Å². The molecule has 1 rings (SSSR count). The molecule has 0 saturated carbocycles. The smallest absolute Gasteiger partial charge is 0.0196 e. The Morgan fingerprint density at radius 3 is 2.64 bits per heavy atom. The summed E-state index contributed by atoms with van der Waals surface area (Å²) >= 11 is 0. The predicted molar refractivity (Wildman–Crippen MR) is 64.5 cm³/mol. The van der Waals surface area contributed by atoms with Crippen molar-refractivity contribution in [2.24, 2.45) is 0 Å². The molecule has 0 fully saturated rings. The molecule has 0 aromatic heterocycles. The summed E-state index contributed by atoms with van der Waals surface area (Å²) in [6.45, 7) is 8.68. The molecule has 76 valence electrons. The number of allylic oxidation sites excluding steroid dienone is 2. The van der Waals surface area contributed by atoms with Crippen LogP contribution >= 0.6 is 0 Å². The maximum absolute atomic E-state index is 2.29. The van der Waals surface area contributed by atoms with Gasteiger partial charge in [-0.2, -0.15) is 0 Å². The van der Waals surface area contributed by atoms with Crippen molar-refractivity contribution in [2.75, 3.05) is 0 Å². The minimum Gasteiger partial charge on any atom is -0.0841 e. The van der Waals surface area contributed by atoms with Gasteiger partial charge in [-0.25, -0.2) is 0 Å². The van der Waals surface area contributed by atoms with Crippen LogP contribution in [0.15, 0.2) is 24.3 Å². The Morgan fingerprint density at radius 2 is 2.07 bits per heavy atom. The molecule has 0 heteroatoms. The maximum atomic E-state index is 2.29. The van der Waals surface area contributed by atoms with Crippen LogP contribution in [0.3, 0.4) is 0 Å². The molecule has 1 aromatic carbocycles. The zero-order valence-corrected chi connectivity index (χ0v) is 9.72. The molecule has 0 radical (unpaired) electrons. The highest BCUT2D eigenvalue weighted by molar-refractivity contribution is 5.67. The number of benzene rings is 1. The van der Waals surface area contributed by atoms with Gasteiger partial charge in [0.15, 0.2) is 0 Å². The van der Waals surface area contributed by atoms with Crippen molar-refractivity contribution in [2.45, 2.75) is 40.5 Å². The Labute approximate surface area is 87.7 Å². The second-order valence-electron chi connectivity index (χ2n) is 3.88. The standard InChI is InChI=1S/C14H20/c1-5-7-13-9-8-11(3)10-14(13)12(4)6-2/h6,8-10H,5,7H2,1-4H3. The van der Waals surface area contributed by atoms with Crippen LogP contribution < -0.4 is 0 Å². The monoisotopic (exact) mass is 188 g/mol. The van der Waals surface area contributed by atoms with Gasteiger partial charge in [-0.15, -0.1) is 0 Å². The van der Waals surface area contributed by atoms with Crippen LogP contribution in [0.4, 0.5) is 0 Å². The molecule has 14 heavy (non-hydrogen) atoms. The number of rotatable bonds is 3. The van der Waals surface area contributed by atoms with Crippen LogP contribution in [0.25, 0.3) is 5.57 Å². The van der Waals surface area contributed by atoms with Gasteiger partial charge in [-0.3, -0.25) is 0 Å². The Hall–Kier alpha value is -1.04. The van der Waals surface area contributed by atoms with E-state index in [9.17, 15) is 0 Å². The summed E-state index contributed by atoms with van der Waals surface area (Å²) in [5, 5.41) is 0. The number of hydrogen-bond donors (Lipinski definition) is 0. The van der Waals surface area contributed by atoms with E-state index in [1.807, 2.05) is 0 Å². The second-order valence-corrected chi connectivity index (χ2v) is 3.88. The van der Waals surface area contributed by atoms with Crippen molar-refractivity contribution >= 4 is 5.57 Å². The van der Waals surface area contributed by atoms with E-state index in [2.05, 4.69) is 52.0 Å². The largest absolute Gasteiger partial charge is 0.0841 e. The quantitative estimate of drug-likeness (QED) is 0.660. The van der Waals surface area contributed by atoms with E-state index in [0.717, 1.165) is 0 Å². The first-order valence-corrected chi connectivity index (χ1v) is 5.41. The van der Waals surface area contributed by atoms with Gasteiger partial charge in [0.05, 0.1) is 0 Å². The lowest BCUT2D eigenvalue weighted by Crippen LogP contribution is -1.92. The highest BCUT2D eigenvalue weighted by Gasteiger charge is 2.02. The number of aryl methyl sites for hydroxylation is 2. The summed E-state index contributed by atoms with van der Waals surface area (Å²) in [4.78, 5) is 0. The van der Waals surface area contributed by atoms with Crippen molar-refractivity contribution < 1.29 is 0 Å². The van der Waals surface area contributed by atoms with Gasteiger partial charge in [-0.05, 0) is 43.9 Å². The molecular formula is C14H20. The topological polar surface area (TPSA) is 0 Å². The van der Waals surface area contributed by atoms with Crippen molar-refractivity contribution in [3.63, 3.8) is 0 Å². The van der Waals surface area contributed by atoms with Gasteiger partial charge in [0, 0.05) is 0 Å². The molecule has 0 nitrogen and oxygen atoms in total. The summed E-state index contributed by atoms with van der Waals surface area (Å²) < 4.78 is 0. The minimum absolute atomic E-state index is 1.18.